The summed E-state index contributed by atoms with van der Waals surface area (Å²) in [6, 6.07) is 4.93. The molecule has 7 nitrogen and oxygen atoms in total. The number of likely N-dealkylation sites (N-methyl/N-ethyl adjacent to an activating group) is 1. The number of rotatable bonds is 5. The zero-order valence-corrected chi connectivity index (χ0v) is 13.0. The average Bonchev–Trinajstić information content (AvgIpc) is 2.47. The molecule has 2 N–H and O–H groups in total. The van der Waals surface area contributed by atoms with Gasteiger partial charge in [0.25, 0.3) is 5.69 Å². The Hall–Kier alpha value is -1.99. The highest BCUT2D eigenvalue weighted by Gasteiger charge is 2.24. The standard InChI is InChI=1S/C15H22N4O3/c1-17(2)13-4-3-7-18(10-13)9-12-6-5-11(15(16)20)8-14(12)19(21)22/h5-6,8,13H,3-4,7,9-10H2,1-2H3,(H2,16,20). The van der Waals surface area contributed by atoms with Crippen LogP contribution in [0.2, 0.25) is 0 Å². The van der Waals surface area contributed by atoms with E-state index >= 15 is 0 Å². The van der Waals surface area contributed by atoms with Crippen LogP contribution in [0.4, 0.5) is 5.69 Å². The second-order valence-corrected chi connectivity index (χ2v) is 5.96. The third-order valence-electron chi connectivity index (χ3n) is 4.17. The number of nitrogens with zero attached hydrogens (tertiary/aromatic N) is 3. The van der Waals surface area contributed by atoms with Gasteiger partial charge in [-0.2, -0.15) is 0 Å². The molecule has 1 aliphatic heterocycles. The molecular weight excluding hydrogens is 284 g/mol. The number of carbonyl (C=O) groups excluding carboxylic acids is 1. The van der Waals surface area contributed by atoms with Gasteiger partial charge in [0, 0.05) is 36.3 Å². The van der Waals surface area contributed by atoms with Crippen molar-refractivity contribution in [2.75, 3.05) is 27.2 Å². The first-order valence-corrected chi connectivity index (χ1v) is 7.34. The maximum atomic E-state index is 11.2. The van der Waals surface area contributed by atoms with Crippen LogP contribution in [0, 0.1) is 10.1 Å². The monoisotopic (exact) mass is 306 g/mol. The highest BCUT2D eigenvalue weighted by Crippen LogP contribution is 2.24. The fourth-order valence-corrected chi connectivity index (χ4v) is 2.86. The highest BCUT2D eigenvalue weighted by molar-refractivity contribution is 5.93. The number of likely N-dealkylation sites (tertiary alicyclic amines) is 1. The smallest absolute Gasteiger partial charge is 0.274 e. The Kier molecular flexibility index (Phi) is 5.10. The number of nitrogens with two attached hydrogens (primary N) is 1. The van der Waals surface area contributed by atoms with Crippen LogP contribution in [-0.2, 0) is 6.54 Å². The van der Waals surface area contributed by atoms with Gasteiger partial charge in [-0.1, -0.05) is 6.07 Å². The van der Waals surface area contributed by atoms with Crippen LogP contribution in [-0.4, -0.2) is 53.9 Å². The molecule has 1 saturated heterocycles. The quantitative estimate of drug-likeness (QED) is 0.652. The summed E-state index contributed by atoms with van der Waals surface area (Å²) in [4.78, 5) is 26.4. The van der Waals surface area contributed by atoms with E-state index in [0.717, 1.165) is 25.9 Å². The van der Waals surface area contributed by atoms with Crippen LogP contribution in [0.15, 0.2) is 18.2 Å². The summed E-state index contributed by atoms with van der Waals surface area (Å²) in [5, 5.41) is 11.2. The summed E-state index contributed by atoms with van der Waals surface area (Å²) in [7, 11) is 4.11. The lowest BCUT2D eigenvalue weighted by Crippen LogP contribution is -2.44. The van der Waals surface area contributed by atoms with E-state index in [2.05, 4.69) is 23.9 Å². The van der Waals surface area contributed by atoms with Crippen molar-refractivity contribution >= 4 is 11.6 Å². The summed E-state index contributed by atoms with van der Waals surface area (Å²) in [6.45, 7) is 2.33. The molecule has 0 saturated carbocycles. The molecule has 1 aromatic rings. The first-order chi connectivity index (χ1) is 10.4. The molecule has 1 aromatic carbocycles. The Bertz CT molecular complexity index is 574. The van der Waals surface area contributed by atoms with Gasteiger partial charge in [-0.15, -0.1) is 0 Å². The van der Waals surface area contributed by atoms with Gasteiger partial charge >= 0.3 is 0 Å². The third kappa shape index (κ3) is 3.80. The minimum atomic E-state index is -0.653. The topological polar surface area (TPSA) is 92.7 Å². The van der Waals surface area contributed by atoms with E-state index in [0.29, 0.717) is 18.2 Å². The second-order valence-electron chi connectivity index (χ2n) is 5.96. The lowest BCUT2D eigenvalue weighted by Gasteiger charge is -2.36. The minimum absolute atomic E-state index is 0.0386. The summed E-state index contributed by atoms with van der Waals surface area (Å²) in [6.07, 6.45) is 2.22. The maximum Gasteiger partial charge on any atom is 0.274 e. The zero-order chi connectivity index (χ0) is 16.3. The lowest BCUT2D eigenvalue weighted by molar-refractivity contribution is -0.385. The average molecular weight is 306 g/mol. The van der Waals surface area contributed by atoms with Crippen molar-refractivity contribution in [3.05, 3.63) is 39.4 Å². The van der Waals surface area contributed by atoms with E-state index in [1.54, 1.807) is 12.1 Å². The van der Waals surface area contributed by atoms with E-state index in [1.165, 1.54) is 6.07 Å². The Labute approximate surface area is 129 Å². The molecule has 22 heavy (non-hydrogen) atoms. The zero-order valence-electron chi connectivity index (χ0n) is 13.0. The molecule has 1 unspecified atom stereocenters. The molecular formula is C15H22N4O3. The Morgan fingerprint density at radius 1 is 1.50 bits per heavy atom. The fraction of sp³-hybridized carbons (Fsp3) is 0.533. The molecule has 0 aliphatic carbocycles. The molecule has 120 valence electrons. The van der Waals surface area contributed by atoms with E-state index in [4.69, 9.17) is 5.73 Å². The van der Waals surface area contributed by atoms with E-state index < -0.39 is 10.8 Å². The molecule has 0 bridgehead atoms. The van der Waals surface area contributed by atoms with Gasteiger partial charge in [0.05, 0.1) is 4.92 Å². The number of nitro benzene ring substituents is 1. The van der Waals surface area contributed by atoms with Gasteiger partial charge in [-0.3, -0.25) is 19.8 Å². The Morgan fingerprint density at radius 2 is 2.23 bits per heavy atom. The second kappa shape index (κ2) is 6.85. The summed E-state index contributed by atoms with van der Waals surface area (Å²) in [5.41, 5.74) is 5.94. The molecule has 1 aliphatic rings. The predicted octanol–water partition coefficient (Wildman–Crippen LogP) is 1.22. The van der Waals surface area contributed by atoms with Crippen molar-refractivity contribution in [1.82, 2.24) is 9.80 Å². The number of amides is 1. The van der Waals surface area contributed by atoms with Gasteiger partial charge in [0.2, 0.25) is 5.91 Å². The Morgan fingerprint density at radius 3 is 2.82 bits per heavy atom. The van der Waals surface area contributed by atoms with Gasteiger partial charge in [0.15, 0.2) is 0 Å². The van der Waals surface area contributed by atoms with Crippen LogP contribution >= 0.6 is 0 Å². The number of hydrogen-bond donors (Lipinski definition) is 1. The lowest BCUT2D eigenvalue weighted by atomic mass is 10.0. The molecule has 0 spiro atoms. The summed E-state index contributed by atoms with van der Waals surface area (Å²) < 4.78 is 0. The predicted molar refractivity (Wildman–Crippen MR) is 83.6 cm³/mol. The molecule has 1 amide bonds. The van der Waals surface area contributed by atoms with Gasteiger partial charge < -0.3 is 10.6 Å². The van der Waals surface area contributed by atoms with Crippen molar-refractivity contribution in [1.29, 1.82) is 0 Å². The van der Waals surface area contributed by atoms with Crippen LogP contribution in [0.25, 0.3) is 0 Å². The first kappa shape index (κ1) is 16.4. The molecule has 0 radical (unpaired) electrons. The maximum absolute atomic E-state index is 11.2. The van der Waals surface area contributed by atoms with Crippen molar-refractivity contribution in [2.24, 2.45) is 5.73 Å². The van der Waals surface area contributed by atoms with Crippen molar-refractivity contribution in [3.63, 3.8) is 0 Å². The van der Waals surface area contributed by atoms with Crippen molar-refractivity contribution in [2.45, 2.75) is 25.4 Å². The van der Waals surface area contributed by atoms with E-state index in [-0.39, 0.29) is 11.3 Å². The summed E-state index contributed by atoms with van der Waals surface area (Å²) >= 11 is 0. The molecule has 7 heteroatoms. The van der Waals surface area contributed by atoms with Crippen LogP contribution in [0.3, 0.4) is 0 Å². The summed E-state index contributed by atoms with van der Waals surface area (Å²) in [5.74, 6) is -0.653. The number of primary amides is 1. The largest absolute Gasteiger partial charge is 0.366 e. The van der Waals surface area contributed by atoms with Crippen LogP contribution in [0.5, 0.6) is 0 Å². The number of benzene rings is 1. The van der Waals surface area contributed by atoms with Crippen LogP contribution < -0.4 is 5.73 Å². The van der Waals surface area contributed by atoms with Gasteiger partial charge in [-0.05, 0) is 39.5 Å². The van der Waals surface area contributed by atoms with E-state index in [9.17, 15) is 14.9 Å². The molecule has 0 aromatic heterocycles. The third-order valence-corrected chi connectivity index (χ3v) is 4.17. The molecule has 1 heterocycles. The number of piperidine rings is 1. The highest BCUT2D eigenvalue weighted by atomic mass is 16.6. The fourth-order valence-electron chi connectivity index (χ4n) is 2.86. The van der Waals surface area contributed by atoms with Gasteiger partial charge in [0.1, 0.15) is 0 Å². The first-order valence-electron chi connectivity index (χ1n) is 7.34. The normalized spacial score (nSPS) is 19.3. The van der Waals surface area contributed by atoms with E-state index in [1.807, 2.05) is 0 Å². The number of nitro groups is 1. The SMILES string of the molecule is CN(C)C1CCCN(Cc2ccc(C(N)=O)cc2[N+](=O)[O-])C1. The number of hydrogen-bond acceptors (Lipinski definition) is 5. The minimum Gasteiger partial charge on any atom is -0.366 e. The molecule has 2 rings (SSSR count). The van der Waals surface area contributed by atoms with Crippen LogP contribution in [0.1, 0.15) is 28.8 Å². The number of carbonyl (C=O) groups is 1. The van der Waals surface area contributed by atoms with Crippen molar-refractivity contribution in [3.8, 4) is 0 Å². The molecule has 1 atom stereocenters. The Balaban J connectivity index is 2.18. The van der Waals surface area contributed by atoms with Crippen molar-refractivity contribution < 1.29 is 9.72 Å². The van der Waals surface area contributed by atoms with Gasteiger partial charge in [-0.25, -0.2) is 0 Å². The molecule has 1 fully saturated rings.